The van der Waals surface area contributed by atoms with Crippen LogP contribution in [0.15, 0.2) is 12.7 Å². The Kier molecular flexibility index (Phi) is 0.713. The molecule has 2 saturated heterocycles. The Morgan fingerprint density at radius 3 is 2.60 bits per heavy atom. The Bertz CT molecular complexity index is 191. The van der Waals surface area contributed by atoms with E-state index in [4.69, 9.17) is 4.74 Å². The Morgan fingerprint density at radius 1 is 1.50 bits per heavy atom. The molecule has 2 heterocycles. The van der Waals surface area contributed by atoms with Gasteiger partial charge >= 0.3 is 0 Å². The van der Waals surface area contributed by atoms with Crippen LogP contribution in [0.4, 0.5) is 0 Å². The molecule has 1 spiro atoms. The molecule has 10 heavy (non-hydrogen) atoms. The Labute approximate surface area is 61.1 Å². The predicted octanol–water partition coefficient (Wildman–Crippen LogP) is 1.74. The molecule has 0 aromatic heterocycles. The van der Waals surface area contributed by atoms with E-state index in [1.165, 1.54) is 19.3 Å². The summed E-state index contributed by atoms with van der Waals surface area (Å²) in [6.07, 6.45) is 6.75. The summed E-state index contributed by atoms with van der Waals surface area (Å²) in [5.74, 6) is 1.57. The molecule has 0 aromatic rings. The van der Waals surface area contributed by atoms with E-state index in [1.54, 1.807) is 0 Å². The van der Waals surface area contributed by atoms with E-state index in [1.807, 2.05) is 0 Å². The first-order valence-electron chi connectivity index (χ1n) is 4.14. The first-order chi connectivity index (χ1) is 4.84. The second kappa shape index (κ2) is 1.33. The molecule has 2 aliphatic carbocycles. The van der Waals surface area contributed by atoms with Gasteiger partial charge in [0.25, 0.3) is 0 Å². The lowest BCUT2D eigenvalue weighted by Crippen LogP contribution is -2.50. The minimum absolute atomic E-state index is 0.303. The zero-order valence-electron chi connectivity index (χ0n) is 6.05. The van der Waals surface area contributed by atoms with Gasteiger partial charge in [-0.2, -0.15) is 0 Å². The standard InChI is InChI=1S/C9H12O/c1-2-7-3-6-4-9(7)5-8(6)10-9/h2,6-8H,1,3-5H2/t6?,7?,8?,9-/m0/s1. The van der Waals surface area contributed by atoms with Crippen molar-refractivity contribution in [2.45, 2.75) is 31.0 Å². The van der Waals surface area contributed by atoms with Crippen LogP contribution < -0.4 is 0 Å². The Balaban J connectivity index is 2.00. The third kappa shape index (κ3) is 0.367. The van der Waals surface area contributed by atoms with Crippen LogP contribution >= 0.6 is 0 Å². The molecule has 2 aliphatic heterocycles. The summed E-state index contributed by atoms with van der Waals surface area (Å²) in [5, 5.41) is 0. The van der Waals surface area contributed by atoms with Crippen molar-refractivity contribution >= 4 is 0 Å². The SMILES string of the molecule is C=CC1CC2C[C@]13CC2O3. The van der Waals surface area contributed by atoms with E-state index in [9.17, 15) is 0 Å². The minimum atomic E-state index is 0.303. The molecule has 0 N–H and O–H groups in total. The van der Waals surface area contributed by atoms with Gasteiger partial charge in [0.15, 0.2) is 0 Å². The topological polar surface area (TPSA) is 9.23 Å². The van der Waals surface area contributed by atoms with Gasteiger partial charge in [-0.15, -0.1) is 6.58 Å². The summed E-state index contributed by atoms with van der Waals surface area (Å²) < 4.78 is 5.77. The van der Waals surface area contributed by atoms with Crippen LogP contribution in [0.3, 0.4) is 0 Å². The molecule has 4 fully saturated rings. The maximum atomic E-state index is 5.77. The zero-order valence-corrected chi connectivity index (χ0v) is 6.05. The van der Waals surface area contributed by atoms with Gasteiger partial charge in [0.1, 0.15) is 0 Å². The number of hydrogen-bond donors (Lipinski definition) is 0. The molecule has 0 aromatic carbocycles. The zero-order chi connectivity index (χ0) is 6.77. The minimum Gasteiger partial charge on any atom is -0.371 e. The van der Waals surface area contributed by atoms with Gasteiger partial charge < -0.3 is 4.74 Å². The second-order valence-electron chi connectivity index (χ2n) is 3.97. The maximum absolute atomic E-state index is 5.77. The molecule has 1 heteroatoms. The van der Waals surface area contributed by atoms with E-state index < -0.39 is 0 Å². The molecule has 4 atom stereocenters. The van der Waals surface area contributed by atoms with Crippen LogP contribution in [0.25, 0.3) is 0 Å². The molecule has 0 amide bonds. The lowest BCUT2D eigenvalue weighted by Gasteiger charge is -2.47. The molecule has 3 unspecified atom stereocenters. The molecule has 54 valence electrons. The number of hydrogen-bond acceptors (Lipinski definition) is 1. The summed E-state index contributed by atoms with van der Waals surface area (Å²) in [7, 11) is 0. The lowest BCUT2D eigenvalue weighted by atomic mass is 9.79. The quantitative estimate of drug-likeness (QED) is 0.499. The van der Waals surface area contributed by atoms with Gasteiger partial charge in [0.2, 0.25) is 0 Å². The Morgan fingerprint density at radius 2 is 2.30 bits per heavy atom. The monoisotopic (exact) mass is 136 g/mol. The van der Waals surface area contributed by atoms with Gasteiger partial charge in [-0.1, -0.05) is 6.08 Å². The first-order valence-corrected chi connectivity index (χ1v) is 4.14. The highest BCUT2D eigenvalue weighted by Gasteiger charge is 2.66. The smallest absolute Gasteiger partial charge is 0.0777 e. The van der Waals surface area contributed by atoms with Crippen molar-refractivity contribution in [2.75, 3.05) is 0 Å². The number of ether oxygens (including phenoxy) is 1. The highest BCUT2D eigenvalue weighted by molar-refractivity contribution is 5.19. The van der Waals surface area contributed by atoms with Crippen molar-refractivity contribution in [3.05, 3.63) is 12.7 Å². The summed E-state index contributed by atoms with van der Waals surface area (Å²) in [5.41, 5.74) is 0.303. The summed E-state index contributed by atoms with van der Waals surface area (Å²) in [6.45, 7) is 3.85. The summed E-state index contributed by atoms with van der Waals surface area (Å²) in [4.78, 5) is 0. The highest BCUT2D eigenvalue weighted by Crippen LogP contribution is 2.63. The molecule has 1 nitrogen and oxygen atoms in total. The third-order valence-electron chi connectivity index (χ3n) is 3.58. The van der Waals surface area contributed by atoms with Crippen molar-refractivity contribution in [1.82, 2.24) is 0 Å². The maximum Gasteiger partial charge on any atom is 0.0777 e. The Hall–Kier alpha value is -0.300. The van der Waals surface area contributed by atoms with Crippen molar-refractivity contribution in [3.63, 3.8) is 0 Å². The van der Waals surface area contributed by atoms with Crippen LogP contribution in [0.1, 0.15) is 19.3 Å². The van der Waals surface area contributed by atoms with E-state index in [0.29, 0.717) is 17.6 Å². The fourth-order valence-electron chi connectivity index (χ4n) is 3.08. The molecule has 4 rings (SSSR count). The molecular weight excluding hydrogens is 124 g/mol. The van der Waals surface area contributed by atoms with Crippen LogP contribution in [0, 0.1) is 11.8 Å². The molecule has 0 radical (unpaired) electrons. The average Bonchev–Trinajstić information content (AvgIpc) is 2.45. The highest BCUT2D eigenvalue weighted by atomic mass is 16.5. The van der Waals surface area contributed by atoms with E-state index in [2.05, 4.69) is 12.7 Å². The van der Waals surface area contributed by atoms with Crippen LogP contribution in [0.5, 0.6) is 0 Å². The fourth-order valence-corrected chi connectivity index (χ4v) is 3.08. The van der Waals surface area contributed by atoms with Gasteiger partial charge in [-0.3, -0.25) is 0 Å². The van der Waals surface area contributed by atoms with Crippen LogP contribution in [-0.2, 0) is 4.74 Å². The predicted molar refractivity (Wildman–Crippen MR) is 38.6 cm³/mol. The van der Waals surface area contributed by atoms with Crippen molar-refractivity contribution in [1.29, 1.82) is 0 Å². The third-order valence-corrected chi connectivity index (χ3v) is 3.58. The van der Waals surface area contributed by atoms with Gasteiger partial charge in [0.05, 0.1) is 11.7 Å². The number of rotatable bonds is 1. The van der Waals surface area contributed by atoms with Crippen LogP contribution in [-0.4, -0.2) is 11.7 Å². The summed E-state index contributed by atoms with van der Waals surface area (Å²) >= 11 is 0. The van der Waals surface area contributed by atoms with Crippen molar-refractivity contribution < 1.29 is 4.74 Å². The molecule has 3 bridgehead atoms. The van der Waals surface area contributed by atoms with Gasteiger partial charge in [0, 0.05) is 12.3 Å². The molecule has 2 saturated carbocycles. The first kappa shape index (κ1) is 5.36. The fraction of sp³-hybridized carbons (Fsp3) is 0.778. The lowest BCUT2D eigenvalue weighted by molar-refractivity contribution is -0.198. The summed E-state index contributed by atoms with van der Waals surface area (Å²) in [6, 6.07) is 0. The van der Waals surface area contributed by atoms with E-state index in [0.717, 1.165) is 5.92 Å². The average molecular weight is 136 g/mol. The van der Waals surface area contributed by atoms with Gasteiger partial charge in [-0.05, 0) is 18.8 Å². The normalized spacial score (nSPS) is 62.2. The van der Waals surface area contributed by atoms with E-state index in [-0.39, 0.29) is 0 Å². The van der Waals surface area contributed by atoms with Crippen LogP contribution in [0.2, 0.25) is 0 Å². The van der Waals surface area contributed by atoms with Crippen molar-refractivity contribution in [3.8, 4) is 0 Å². The largest absolute Gasteiger partial charge is 0.371 e. The van der Waals surface area contributed by atoms with Gasteiger partial charge in [-0.25, -0.2) is 0 Å². The van der Waals surface area contributed by atoms with E-state index >= 15 is 0 Å². The molecular formula is C9H12O. The van der Waals surface area contributed by atoms with Crippen molar-refractivity contribution in [2.24, 2.45) is 11.8 Å². The second-order valence-corrected chi connectivity index (χ2v) is 3.97. The molecule has 4 aliphatic rings.